The van der Waals surface area contributed by atoms with Crippen LogP contribution in [0.4, 0.5) is 0 Å². The van der Waals surface area contributed by atoms with Crippen LogP contribution in [0.3, 0.4) is 0 Å². The highest BCUT2D eigenvalue weighted by Crippen LogP contribution is 2.39. The Morgan fingerprint density at radius 3 is 1.92 bits per heavy atom. The van der Waals surface area contributed by atoms with Gasteiger partial charge in [-0.1, -0.05) is 0 Å². The monoisotopic (exact) mass is 756 g/mol. The Morgan fingerprint density at radius 1 is 0.642 bits per heavy atom. The Kier molecular flexibility index (Phi) is 11.5. The van der Waals surface area contributed by atoms with E-state index in [0.717, 1.165) is 18.2 Å². The summed E-state index contributed by atoms with van der Waals surface area (Å²) >= 11 is 0. The molecule has 0 aliphatic carbocycles. The lowest BCUT2D eigenvalue weighted by molar-refractivity contribution is -0.354. The van der Waals surface area contributed by atoms with Gasteiger partial charge in [0.25, 0.3) is 0 Å². The summed E-state index contributed by atoms with van der Waals surface area (Å²) in [6.07, 6.45) is -25.3. The van der Waals surface area contributed by atoms with Crippen molar-refractivity contribution in [2.75, 3.05) is 13.2 Å². The van der Waals surface area contributed by atoms with Gasteiger partial charge in [0.05, 0.1) is 19.3 Å². The fourth-order valence-electron chi connectivity index (χ4n) is 6.24. The topological polar surface area (TPSA) is 328 Å². The number of aromatic hydroxyl groups is 2. The molecule has 0 bridgehead atoms. The number of fused-ring (bicyclic) bond motifs is 1. The van der Waals surface area contributed by atoms with Crippen LogP contribution >= 0.6 is 0 Å². The quantitative estimate of drug-likeness (QED) is 0.0992. The molecule has 15 unspecified atom stereocenters. The van der Waals surface area contributed by atoms with E-state index in [0.29, 0.717) is 0 Å². The van der Waals surface area contributed by atoms with Crippen molar-refractivity contribution in [3.05, 3.63) is 46.6 Å². The van der Waals surface area contributed by atoms with Crippen molar-refractivity contribution in [1.82, 2.24) is 0 Å². The summed E-state index contributed by atoms with van der Waals surface area (Å²) in [5.74, 6) is -1.76. The molecule has 0 saturated carbocycles. The minimum Gasteiger partial charge on any atom is -0.508 e. The lowest BCUT2D eigenvalue weighted by Gasteiger charge is -2.45. The van der Waals surface area contributed by atoms with Gasteiger partial charge < -0.3 is 94.1 Å². The first-order valence-electron chi connectivity index (χ1n) is 16.4. The van der Waals surface area contributed by atoms with Crippen LogP contribution < -0.4 is 14.9 Å². The summed E-state index contributed by atoms with van der Waals surface area (Å²) in [6.45, 7) is -0.246. The second kappa shape index (κ2) is 15.6. The lowest BCUT2D eigenvalue weighted by Crippen LogP contribution is -2.64. The molecule has 3 aliphatic heterocycles. The summed E-state index contributed by atoms with van der Waals surface area (Å²) < 4.78 is 40.1. The number of phenols is 2. The third-order valence-electron chi connectivity index (χ3n) is 9.28. The van der Waals surface area contributed by atoms with Gasteiger partial charge in [0.2, 0.25) is 12.6 Å². The van der Waals surface area contributed by atoms with E-state index in [-0.39, 0.29) is 33.8 Å². The molecule has 4 heterocycles. The van der Waals surface area contributed by atoms with Crippen molar-refractivity contribution in [3.8, 4) is 34.3 Å². The van der Waals surface area contributed by atoms with Gasteiger partial charge >= 0.3 is 0 Å². The van der Waals surface area contributed by atoms with Crippen molar-refractivity contribution >= 4 is 11.0 Å². The van der Waals surface area contributed by atoms with Gasteiger partial charge in [0.1, 0.15) is 89.3 Å². The van der Waals surface area contributed by atoms with Crippen LogP contribution in [-0.4, -0.2) is 167 Å². The molecule has 3 aliphatic rings. The molecule has 20 heteroatoms. The van der Waals surface area contributed by atoms with Crippen LogP contribution in [0.15, 0.2) is 45.6 Å². The number of benzene rings is 2. The van der Waals surface area contributed by atoms with E-state index in [4.69, 9.17) is 32.8 Å². The highest BCUT2D eigenvalue weighted by atomic mass is 16.8. The Hall–Kier alpha value is -3.71. The van der Waals surface area contributed by atoms with Gasteiger partial charge in [-0.05, 0) is 25.1 Å². The fraction of sp³-hybridized carbons (Fsp3) is 0.545. The minimum atomic E-state index is -1.92. The van der Waals surface area contributed by atoms with Crippen molar-refractivity contribution in [1.29, 1.82) is 0 Å². The summed E-state index contributed by atoms with van der Waals surface area (Å²) in [5, 5.41) is 124. The highest BCUT2D eigenvalue weighted by molar-refractivity contribution is 5.86. The molecule has 3 fully saturated rings. The van der Waals surface area contributed by atoms with Crippen LogP contribution in [-0.2, 0) is 18.9 Å². The molecule has 20 nitrogen and oxygen atoms in total. The number of hydrogen-bond acceptors (Lipinski definition) is 20. The number of rotatable bonds is 9. The van der Waals surface area contributed by atoms with E-state index in [9.17, 15) is 66.1 Å². The van der Waals surface area contributed by atoms with Gasteiger partial charge in [-0.2, -0.15) is 0 Å². The predicted molar refractivity (Wildman–Crippen MR) is 171 cm³/mol. The van der Waals surface area contributed by atoms with Crippen LogP contribution in [0.1, 0.15) is 6.92 Å². The zero-order chi connectivity index (χ0) is 38.5. The Balaban J connectivity index is 1.39. The Bertz CT molecular complexity index is 1800. The maximum Gasteiger partial charge on any atom is 0.229 e. The van der Waals surface area contributed by atoms with Crippen LogP contribution in [0.5, 0.6) is 23.0 Å². The third-order valence-corrected chi connectivity index (χ3v) is 9.28. The minimum absolute atomic E-state index is 0.0834. The SMILES string of the molecule is CC1OC(OC2C(Oc3ccc(-c4cc(=O)c5c(O)cc(O)cc5o4)cc3OC3OC(CO)C(O)C(O)C3O)OC(CO)C(O)C2O)C(O)C(O)C1O. The predicted octanol–water partition coefficient (Wildman–Crippen LogP) is -3.92. The molecule has 292 valence electrons. The number of aliphatic hydroxyl groups excluding tert-OH is 10. The molecule has 3 aromatic rings. The molecular weight excluding hydrogens is 716 g/mol. The number of phenolic OH excluding ortho intramolecular Hbond substituents is 2. The van der Waals surface area contributed by atoms with E-state index in [2.05, 4.69) is 0 Å². The largest absolute Gasteiger partial charge is 0.508 e. The summed E-state index contributed by atoms with van der Waals surface area (Å²) in [7, 11) is 0. The van der Waals surface area contributed by atoms with E-state index >= 15 is 0 Å². The van der Waals surface area contributed by atoms with Crippen LogP contribution in [0.25, 0.3) is 22.3 Å². The average molecular weight is 757 g/mol. The first-order chi connectivity index (χ1) is 25.1. The van der Waals surface area contributed by atoms with Gasteiger partial charge in [-0.3, -0.25) is 4.79 Å². The van der Waals surface area contributed by atoms with E-state index < -0.39 is 122 Å². The standard InChI is InChI=1S/C33H40O20/c1-10-22(39)25(42)28(45)31(47-10)53-30-27(44)24(41)20(9-35)52-33(30)49-15-3-2-11(16-7-14(38)21-13(37)5-12(36)6-18(21)48-16)4-17(15)50-32-29(46)26(43)23(40)19(8-34)51-32/h2-7,10,19-20,22-37,39-46H,8-9H2,1H3. The zero-order valence-electron chi connectivity index (χ0n) is 27.7. The van der Waals surface area contributed by atoms with Gasteiger partial charge in [-0.15, -0.1) is 0 Å². The number of ether oxygens (including phenoxy) is 6. The second-order valence-corrected chi connectivity index (χ2v) is 12.9. The summed E-state index contributed by atoms with van der Waals surface area (Å²) in [5.41, 5.74) is -0.813. The van der Waals surface area contributed by atoms with Crippen molar-refractivity contribution < 1.29 is 94.1 Å². The molecule has 3 saturated heterocycles. The smallest absolute Gasteiger partial charge is 0.229 e. The molecule has 0 radical (unpaired) electrons. The molecular formula is C33H40O20. The first kappa shape index (κ1) is 39.0. The molecule has 0 spiro atoms. The molecule has 15 atom stereocenters. The summed E-state index contributed by atoms with van der Waals surface area (Å²) in [6, 6.07) is 6.82. The van der Waals surface area contributed by atoms with Gasteiger partial charge in [0, 0.05) is 23.8 Å². The molecule has 2 aromatic carbocycles. The summed E-state index contributed by atoms with van der Waals surface area (Å²) in [4.78, 5) is 13.0. The number of aliphatic hydroxyl groups is 10. The van der Waals surface area contributed by atoms with E-state index in [1.54, 1.807) is 0 Å². The van der Waals surface area contributed by atoms with E-state index in [1.807, 2.05) is 0 Å². The highest BCUT2D eigenvalue weighted by Gasteiger charge is 2.51. The molecule has 0 amide bonds. The van der Waals surface area contributed by atoms with Gasteiger partial charge in [-0.25, -0.2) is 0 Å². The second-order valence-electron chi connectivity index (χ2n) is 12.9. The van der Waals surface area contributed by atoms with Crippen molar-refractivity contribution in [2.24, 2.45) is 0 Å². The molecule has 53 heavy (non-hydrogen) atoms. The average Bonchev–Trinajstić information content (AvgIpc) is 3.12. The molecule has 6 rings (SSSR count). The molecule has 1 aromatic heterocycles. The van der Waals surface area contributed by atoms with Gasteiger partial charge in [0.15, 0.2) is 29.3 Å². The Labute approximate surface area is 298 Å². The van der Waals surface area contributed by atoms with Crippen molar-refractivity contribution in [3.63, 3.8) is 0 Å². The Morgan fingerprint density at radius 2 is 1.25 bits per heavy atom. The third kappa shape index (κ3) is 7.52. The first-order valence-corrected chi connectivity index (χ1v) is 16.4. The van der Waals surface area contributed by atoms with Crippen molar-refractivity contribution in [2.45, 2.75) is 99.0 Å². The van der Waals surface area contributed by atoms with E-state index in [1.165, 1.54) is 25.1 Å². The zero-order valence-corrected chi connectivity index (χ0v) is 27.7. The van der Waals surface area contributed by atoms with Crippen LogP contribution in [0, 0.1) is 0 Å². The fourth-order valence-corrected chi connectivity index (χ4v) is 6.24. The maximum absolute atomic E-state index is 13.0. The molecule has 12 N–H and O–H groups in total. The lowest BCUT2D eigenvalue weighted by atomic mass is 9.97. The number of hydrogen-bond donors (Lipinski definition) is 12. The normalized spacial score (nSPS) is 37.8. The maximum atomic E-state index is 13.0. The van der Waals surface area contributed by atoms with Crippen LogP contribution in [0.2, 0.25) is 0 Å².